The first-order chi connectivity index (χ1) is 7.28. The maximum atomic E-state index is 11.9. The van der Waals surface area contributed by atoms with Crippen LogP contribution in [0.5, 0.6) is 0 Å². The average Bonchev–Trinajstić information content (AvgIpc) is 2.45. The normalized spacial score (nSPS) is 11.6. The monoisotopic (exact) mass is 243 g/mol. The van der Waals surface area contributed by atoms with E-state index >= 15 is 0 Å². The lowest BCUT2D eigenvalue weighted by atomic mass is 10.0. The molecule has 0 bridgehead atoms. The van der Waals surface area contributed by atoms with Crippen LogP contribution in [0.4, 0.5) is 0 Å². The Morgan fingerprint density at radius 2 is 2.12 bits per heavy atom. The predicted molar refractivity (Wildman–Crippen MR) is 64.8 cm³/mol. The summed E-state index contributed by atoms with van der Waals surface area (Å²) in [6.07, 6.45) is 0.849. The van der Waals surface area contributed by atoms with Crippen LogP contribution in [0.2, 0.25) is 5.02 Å². The van der Waals surface area contributed by atoms with Gasteiger partial charge in [-0.2, -0.15) is 5.10 Å². The van der Waals surface area contributed by atoms with Gasteiger partial charge in [-0.1, -0.05) is 18.5 Å². The molecule has 1 heterocycles. The van der Waals surface area contributed by atoms with Gasteiger partial charge in [-0.25, -0.2) is 0 Å². The molecule has 0 radical (unpaired) electrons. The Kier molecular flexibility index (Phi) is 3.63. The Labute approximate surface area is 101 Å². The van der Waals surface area contributed by atoms with E-state index in [-0.39, 0.29) is 11.4 Å². The van der Waals surface area contributed by atoms with Gasteiger partial charge in [0.05, 0.1) is 10.7 Å². The Balaban J connectivity index is 2.94. The predicted octanol–water partition coefficient (Wildman–Crippen LogP) is 2.30. The molecule has 0 unspecified atom stereocenters. The summed E-state index contributed by atoms with van der Waals surface area (Å²) in [4.78, 5) is 11.9. The molecule has 0 fully saturated rings. The fraction of sp³-hybridized carbons (Fsp3) is 0.636. The second kappa shape index (κ2) is 4.45. The van der Waals surface area contributed by atoms with E-state index in [1.54, 1.807) is 11.7 Å². The van der Waals surface area contributed by atoms with E-state index < -0.39 is 0 Å². The van der Waals surface area contributed by atoms with Gasteiger partial charge in [0.2, 0.25) is 0 Å². The van der Waals surface area contributed by atoms with Gasteiger partial charge < -0.3 is 5.32 Å². The van der Waals surface area contributed by atoms with Gasteiger partial charge in [0.1, 0.15) is 0 Å². The van der Waals surface area contributed by atoms with Gasteiger partial charge in [0, 0.05) is 12.6 Å². The highest BCUT2D eigenvalue weighted by atomic mass is 35.5. The number of amides is 1. The zero-order chi connectivity index (χ0) is 12.5. The van der Waals surface area contributed by atoms with Crippen LogP contribution >= 0.6 is 11.6 Å². The van der Waals surface area contributed by atoms with Gasteiger partial charge in [-0.05, 0) is 27.2 Å². The molecule has 0 aliphatic heterocycles. The third-order valence-corrected chi connectivity index (χ3v) is 3.26. The van der Waals surface area contributed by atoms with Crippen molar-refractivity contribution in [3.63, 3.8) is 0 Å². The van der Waals surface area contributed by atoms with Gasteiger partial charge in [-0.15, -0.1) is 0 Å². The van der Waals surface area contributed by atoms with E-state index in [2.05, 4.69) is 10.4 Å². The molecule has 1 N–H and O–H groups in total. The topological polar surface area (TPSA) is 46.9 Å². The van der Waals surface area contributed by atoms with Crippen molar-refractivity contribution in [2.24, 2.45) is 7.05 Å². The third-order valence-electron chi connectivity index (χ3n) is 2.81. The van der Waals surface area contributed by atoms with Crippen molar-refractivity contribution in [3.05, 3.63) is 16.4 Å². The van der Waals surface area contributed by atoms with Crippen LogP contribution in [-0.4, -0.2) is 21.2 Å². The molecule has 1 rings (SSSR count). The second-order valence-corrected chi connectivity index (χ2v) is 4.94. The van der Waals surface area contributed by atoms with Crippen LogP contribution in [0.25, 0.3) is 0 Å². The number of hydrogen-bond donors (Lipinski definition) is 1. The number of aryl methyl sites for hydroxylation is 1. The minimum atomic E-state index is -0.244. The molecule has 1 aromatic heterocycles. The molecular formula is C11H18ClN3O. The lowest BCUT2D eigenvalue weighted by molar-refractivity contribution is 0.0905. The summed E-state index contributed by atoms with van der Waals surface area (Å²) in [5.41, 5.74) is 0.843. The van der Waals surface area contributed by atoms with Gasteiger partial charge in [0.25, 0.3) is 5.91 Å². The van der Waals surface area contributed by atoms with Crippen molar-refractivity contribution in [1.29, 1.82) is 0 Å². The van der Waals surface area contributed by atoms with Crippen LogP contribution in [0, 0.1) is 6.92 Å². The van der Waals surface area contributed by atoms with E-state index in [0.29, 0.717) is 10.7 Å². The maximum Gasteiger partial charge on any atom is 0.273 e. The highest BCUT2D eigenvalue weighted by Crippen LogP contribution is 2.20. The minimum Gasteiger partial charge on any atom is -0.346 e. The van der Waals surface area contributed by atoms with Gasteiger partial charge in [0.15, 0.2) is 5.69 Å². The molecule has 90 valence electrons. The smallest absolute Gasteiger partial charge is 0.273 e. The van der Waals surface area contributed by atoms with E-state index in [1.807, 2.05) is 27.7 Å². The van der Waals surface area contributed by atoms with E-state index in [1.165, 1.54) is 0 Å². The molecule has 1 aromatic rings. The van der Waals surface area contributed by atoms with Crippen LogP contribution in [-0.2, 0) is 7.05 Å². The first-order valence-corrected chi connectivity index (χ1v) is 5.68. The lowest BCUT2D eigenvalue weighted by Crippen LogP contribution is -2.43. The highest BCUT2D eigenvalue weighted by Gasteiger charge is 2.23. The van der Waals surface area contributed by atoms with Crippen LogP contribution < -0.4 is 5.32 Å². The molecule has 0 aliphatic carbocycles. The van der Waals surface area contributed by atoms with Crippen molar-refractivity contribution in [1.82, 2.24) is 15.1 Å². The number of aromatic nitrogens is 2. The Bertz CT molecular complexity index is 410. The number of halogens is 1. The molecule has 5 heteroatoms. The van der Waals surface area contributed by atoms with Crippen LogP contribution in [0.3, 0.4) is 0 Å². The standard InChI is InChI=1S/C11H18ClN3O/c1-6-11(3,4)13-10(16)9-8(12)7(2)15(5)14-9/h6H2,1-5H3,(H,13,16). The number of rotatable bonds is 3. The molecule has 0 aromatic carbocycles. The molecule has 0 spiro atoms. The molecular weight excluding hydrogens is 226 g/mol. The fourth-order valence-corrected chi connectivity index (χ4v) is 1.43. The van der Waals surface area contributed by atoms with Crippen molar-refractivity contribution >= 4 is 17.5 Å². The zero-order valence-electron chi connectivity index (χ0n) is 10.4. The minimum absolute atomic E-state index is 0.222. The fourth-order valence-electron chi connectivity index (χ4n) is 1.18. The molecule has 1 amide bonds. The molecule has 0 aliphatic rings. The van der Waals surface area contributed by atoms with Crippen LogP contribution in [0.15, 0.2) is 0 Å². The van der Waals surface area contributed by atoms with Crippen LogP contribution in [0.1, 0.15) is 43.4 Å². The van der Waals surface area contributed by atoms with E-state index in [0.717, 1.165) is 12.1 Å². The number of carbonyl (C=O) groups is 1. The maximum absolute atomic E-state index is 11.9. The SMILES string of the molecule is CCC(C)(C)NC(=O)c1nn(C)c(C)c1Cl. The lowest BCUT2D eigenvalue weighted by Gasteiger charge is -2.23. The van der Waals surface area contributed by atoms with Gasteiger partial charge in [-0.3, -0.25) is 9.48 Å². The first kappa shape index (κ1) is 13.0. The van der Waals surface area contributed by atoms with E-state index in [9.17, 15) is 4.79 Å². The quantitative estimate of drug-likeness (QED) is 0.886. The summed E-state index contributed by atoms with van der Waals surface area (Å²) < 4.78 is 1.61. The highest BCUT2D eigenvalue weighted by molar-refractivity contribution is 6.34. The average molecular weight is 244 g/mol. The summed E-state index contributed by atoms with van der Waals surface area (Å²) in [5.74, 6) is -0.222. The molecule has 0 atom stereocenters. The van der Waals surface area contributed by atoms with E-state index in [4.69, 9.17) is 11.6 Å². The second-order valence-electron chi connectivity index (χ2n) is 4.56. The number of carbonyl (C=O) groups excluding carboxylic acids is 1. The zero-order valence-corrected chi connectivity index (χ0v) is 11.1. The Hall–Kier alpha value is -1.03. The Morgan fingerprint density at radius 1 is 1.56 bits per heavy atom. The summed E-state index contributed by atoms with van der Waals surface area (Å²) in [7, 11) is 1.77. The summed E-state index contributed by atoms with van der Waals surface area (Å²) in [5, 5.41) is 7.43. The number of nitrogens with zero attached hydrogens (tertiary/aromatic N) is 2. The van der Waals surface area contributed by atoms with Gasteiger partial charge >= 0.3 is 0 Å². The summed E-state index contributed by atoms with van der Waals surface area (Å²) in [6, 6.07) is 0. The number of nitrogens with one attached hydrogen (secondary N) is 1. The third kappa shape index (κ3) is 2.55. The summed E-state index contributed by atoms with van der Waals surface area (Å²) in [6.45, 7) is 7.78. The molecule has 16 heavy (non-hydrogen) atoms. The largest absolute Gasteiger partial charge is 0.346 e. The van der Waals surface area contributed by atoms with Crippen molar-refractivity contribution in [2.75, 3.05) is 0 Å². The number of hydrogen-bond acceptors (Lipinski definition) is 2. The van der Waals surface area contributed by atoms with Crippen molar-refractivity contribution < 1.29 is 4.79 Å². The molecule has 4 nitrogen and oxygen atoms in total. The first-order valence-electron chi connectivity index (χ1n) is 5.30. The molecule has 0 saturated heterocycles. The summed E-state index contributed by atoms with van der Waals surface area (Å²) >= 11 is 6.04. The van der Waals surface area contributed by atoms with Crippen molar-refractivity contribution in [2.45, 2.75) is 39.7 Å². The molecule has 0 saturated carbocycles. The van der Waals surface area contributed by atoms with Crippen molar-refractivity contribution in [3.8, 4) is 0 Å². The Morgan fingerprint density at radius 3 is 2.50 bits per heavy atom.